The number of hydrogen-bond donors (Lipinski definition) is 1. The van der Waals surface area contributed by atoms with Crippen LogP contribution < -0.4 is 5.32 Å². The van der Waals surface area contributed by atoms with Crippen molar-refractivity contribution in [3.8, 4) is 0 Å². The third-order valence-corrected chi connectivity index (χ3v) is 2.98. The monoisotopic (exact) mass is 214 g/mol. The van der Waals surface area contributed by atoms with Crippen LogP contribution in [0, 0.1) is 0 Å². The first-order chi connectivity index (χ1) is 7.33. The molecule has 1 atom stereocenters. The van der Waals surface area contributed by atoms with E-state index in [-0.39, 0.29) is 0 Å². The zero-order valence-corrected chi connectivity index (χ0v) is 10.3. The van der Waals surface area contributed by atoms with Crippen molar-refractivity contribution < 1.29 is 4.74 Å². The molecular weight excluding hydrogens is 188 g/mol. The Hall–Kier alpha value is -0.120. The average Bonchev–Trinajstić information content (AvgIpc) is 2.26. The molecule has 0 spiro atoms. The van der Waals surface area contributed by atoms with E-state index in [1.807, 2.05) is 0 Å². The number of hydrogen-bond acceptors (Lipinski definition) is 3. The summed E-state index contributed by atoms with van der Waals surface area (Å²) in [4.78, 5) is 2.42. The van der Waals surface area contributed by atoms with Gasteiger partial charge in [-0.15, -0.1) is 0 Å². The van der Waals surface area contributed by atoms with Gasteiger partial charge in [0.1, 0.15) is 0 Å². The first-order valence-corrected chi connectivity index (χ1v) is 6.32. The number of piperidine rings is 1. The van der Waals surface area contributed by atoms with Gasteiger partial charge in [0.15, 0.2) is 0 Å². The lowest BCUT2D eigenvalue weighted by Crippen LogP contribution is -2.42. The van der Waals surface area contributed by atoms with Crippen LogP contribution in [0.1, 0.15) is 32.6 Å². The summed E-state index contributed by atoms with van der Waals surface area (Å²) in [7, 11) is 2.21. The zero-order valence-electron chi connectivity index (χ0n) is 10.3. The van der Waals surface area contributed by atoms with Crippen LogP contribution in [0.4, 0.5) is 0 Å². The summed E-state index contributed by atoms with van der Waals surface area (Å²) in [6, 6.07) is 0.718. The maximum absolute atomic E-state index is 5.33. The van der Waals surface area contributed by atoms with Crippen molar-refractivity contribution in [2.45, 2.75) is 38.6 Å². The molecule has 0 amide bonds. The largest absolute Gasteiger partial charge is 0.382 e. The van der Waals surface area contributed by atoms with E-state index < -0.39 is 0 Å². The van der Waals surface area contributed by atoms with E-state index in [0.29, 0.717) is 0 Å². The highest BCUT2D eigenvalue weighted by Gasteiger charge is 2.13. The number of likely N-dealkylation sites (N-methyl/N-ethyl adjacent to an activating group) is 1. The molecule has 1 rings (SSSR count). The van der Waals surface area contributed by atoms with Gasteiger partial charge in [0.05, 0.1) is 0 Å². The summed E-state index contributed by atoms with van der Waals surface area (Å²) < 4.78 is 5.33. The van der Waals surface area contributed by atoms with Crippen molar-refractivity contribution in [2.24, 2.45) is 0 Å². The van der Waals surface area contributed by atoms with E-state index in [1.165, 1.54) is 32.4 Å². The van der Waals surface area contributed by atoms with Crippen LogP contribution in [-0.4, -0.2) is 50.8 Å². The van der Waals surface area contributed by atoms with E-state index >= 15 is 0 Å². The molecular formula is C12H26N2O. The van der Waals surface area contributed by atoms with Crippen LogP contribution >= 0.6 is 0 Å². The highest BCUT2D eigenvalue weighted by Crippen LogP contribution is 2.07. The molecule has 90 valence electrons. The minimum atomic E-state index is 0.718. The van der Waals surface area contributed by atoms with Crippen molar-refractivity contribution in [1.82, 2.24) is 10.2 Å². The molecule has 0 bridgehead atoms. The van der Waals surface area contributed by atoms with E-state index in [9.17, 15) is 0 Å². The van der Waals surface area contributed by atoms with Gasteiger partial charge in [0, 0.05) is 32.3 Å². The molecule has 3 heteroatoms. The predicted octanol–water partition coefficient (Wildman–Crippen LogP) is 1.49. The maximum Gasteiger partial charge on any atom is 0.0478 e. The summed E-state index contributed by atoms with van der Waals surface area (Å²) in [6.07, 6.45) is 5.24. The van der Waals surface area contributed by atoms with Crippen molar-refractivity contribution in [2.75, 3.05) is 39.9 Å². The van der Waals surface area contributed by atoms with Crippen LogP contribution in [0.25, 0.3) is 0 Å². The Bertz CT molecular complexity index is 147. The summed E-state index contributed by atoms with van der Waals surface area (Å²) in [5.41, 5.74) is 0. The standard InChI is InChI=1S/C12H26N2O/c1-3-15-10-6-9-14(2)11-12-7-4-5-8-13-12/h12-13H,3-11H2,1-2H3. The number of nitrogens with one attached hydrogen (secondary N) is 1. The molecule has 1 unspecified atom stereocenters. The van der Waals surface area contributed by atoms with Crippen molar-refractivity contribution >= 4 is 0 Å². The molecule has 1 heterocycles. The number of nitrogens with zero attached hydrogens (tertiary/aromatic N) is 1. The van der Waals surface area contributed by atoms with Crippen molar-refractivity contribution in [3.05, 3.63) is 0 Å². The lowest BCUT2D eigenvalue weighted by atomic mass is 10.0. The molecule has 1 saturated heterocycles. The molecule has 1 fully saturated rings. The fraction of sp³-hybridized carbons (Fsp3) is 1.00. The molecule has 0 aromatic carbocycles. The van der Waals surface area contributed by atoms with E-state index in [4.69, 9.17) is 4.74 Å². The molecule has 3 nitrogen and oxygen atoms in total. The summed E-state index contributed by atoms with van der Waals surface area (Å²) in [5, 5.41) is 3.58. The lowest BCUT2D eigenvalue weighted by Gasteiger charge is -2.28. The van der Waals surface area contributed by atoms with Gasteiger partial charge in [-0.2, -0.15) is 0 Å². The highest BCUT2D eigenvalue weighted by atomic mass is 16.5. The van der Waals surface area contributed by atoms with Crippen molar-refractivity contribution in [1.29, 1.82) is 0 Å². The fourth-order valence-corrected chi connectivity index (χ4v) is 2.13. The topological polar surface area (TPSA) is 24.5 Å². The minimum Gasteiger partial charge on any atom is -0.382 e. The third kappa shape index (κ3) is 6.13. The van der Waals surface area contributed by atoms with E-state index in [1.54, 1.807) is 0 Å². The van der Waals surface area contributed by atoms with Crippen LogP contribution in [-0.2, 0) is 4.74 Å². The second kappa shape index (κ2) is 8.08. The highest BCUT2D eigenvalue weighted by molar-refractivity contribution is 4.74. The van der Waals surface area contributed by atoms with Crippen LogP contribution in [0.15, 0.2) is 0 Å². The number of rotatable bonds is 7. The maximum atomic E-state index is 5.33. The van der Waals surface area contributed by atoms with Crippen LogP contribution in [0.3, 0.4) is 0 Å². The third-order valence-electron chi connectivity index (χ3n) is 2.98. The second-order valence-electron chi connectivity index (χ2n) is 4.46. The van der Waals surface area contributed by atoms with Gasteiger partial charge in [0.2, 0.25) is 0 Å². The first-order valence-electron chi connectivity index (χ1n) is 6.32. The normalized spacial score (nSPS) is 22.2. The van der Waals surface area contributed by atoms with Gasteiger partial charge in [0.25, 0.3) is 0 Å². The minimum absolute atomic E-state index is 0.718. The molecule has 1 N–H and O–H groups in total. The fourth-order valence-electron chi connectivity index (χ4n) is 2.13. The molecule has 1 aliphatic rings. The second-order valence-corrected chi connectivity index (χ2v) is 4.46. The zero-order chi connectivity index (χ0) is 10.9. The molecule has 0 radical (unpaired) electrons. The number of ether oxygens (including phenoxy) is 1. The van der Waals surface area contributed by atoms with Gasteiger partial charge in [-0.25, -0.2) is 0 Å². The van der Waals surface area contributed by atoms with Gasteiger partial charge in [-0.05, 0) is 39.8 Å². The van der Waals surface area contributed by atoms with Gasteiger partial charge >= 0.3 is 0 Å². The molecule has 0 aliphatic carbocycles. The average molecular weight is 214 g/mol. The van der Waals surface area contributed by atoms with Crippen LogP contribution in [0.2, 0.25) is 0 Å². The lowest BCUT2D eigenvalue weighted by molar-refractivity contribution is 0.133. The molecule has 15 heavy (non-hydrogen) atoms. The first kappa shape index (κ1) is 12.9. The Morgan fingerprint density at radius 2 is 2.27 bits per heavy atom. The quantitative estimate of drug-likeness (QED) is 0.650. The van der Waals surface area contributed by atoms with Gasteiger partial charge in [-0.1, -0.05) is 6.42 Å². The Kier molecular flexibility index (Phi) is 6.98. The molecule has 1 aliphatic heterocycles. The Morgan fingerprint density at radius 3 is 2.93 bits per heavy atom. The molecule has 0 aromatic rings. The van der Waals surface area contributed by atoms with Gasteiger partial charge < -0.3 is 15.0 Å². The van der Waals surface area contributed by atoms with E-state index in [0.717, 1.165) is 32.2 Å². The SMILES string of the molecule is CCOCCCN(C)CC1CCCCN1. The van der Waals surface area contributed by atoms with Crippen molar-refractivity contribution in [3.63, 3.8) is 0 Å². The Balaban J connectivity index is 1.98. The summed E-state index contributed by atoms with van der Waals surface area (Å²) >= 11 is 0. The Morgan fingerprint density at radius 1 is 1.40 bits per heavy atom. The van der Waals surface area contributed by atoms with E-state index in [2.05, 4.69) is 24.2 Å². The smallest absolute Gasteiger partial charge is 0.0478 e. The summed E-state index contributed by atoms with van der Waals surface area (Å²) in [6.45, 7) is 7.34. The summed E-state index contributed by atoms with van der Waals surface area (Å²) in [5.74, 6) is 0. The Labute approximate surface area is 94.2 Å². The predicted molar refractivity (Wildman–Crippen MR) is 64.2 cm³/mol. The van der Waals surface area contributed by atoms with Crippen LogP contribution in [0.5, 0.6) is 0 Å². The molecule has 0 aromatic heterocycles. The van der Waals surface area contributed by atoms with Gasteiger partial charge in [-0.3, -0.25) is 0 Å². The molecule has 0 saturated carbocycles.